The molecule has 0 saturated carbocycles. The fourth-order valence-electron chi connectivity index (χ4n) is 1.79. The van der Waals surface area contributed by atoms with Crippen molar-refractivity contribution in [3.8, 4) is 0 Å². The van der Waals surface area contributed by atoms with Crippen LogP contribution in [0.1, 0.15) is 31.7 Å². The van der Waals surface area contributed by atoms with Gasteiger partial charge in [0.15, 0.2) is 0 Å². The van der Waals surface area contributed by atoms with Crippen molar-refractivity contribution in [2.24, 2.45) is 0 Å². The predicted molar refractivity (Wildman–Crippen MR) is 71.2 cm³/mol. The standard InChI is InChI=1S/C12H21BrN2O2/c1-4-10-12(13)11(15(5-2)14-10)8-9(16)6-7-17-3/h9,16H,4-8H2,1-3H3. The predicted octanol–water partition coefficient (Wildman–Crippen LogP) is 2.17. The normalized spacial score (nSPS) is 13.0. The van der Waals surface area contributed by atoms with E-state index in [4.69, 9.17) is 4.74 Å². The summed E-state index contributed by atoms with van der Waals surface area (Å²) < 4.78 is 7.97. The second-order valence-electron chi connectivity index (χ2n) is 4.02. The van der Waals surface area contributed by atoms with Gasteiger partial charge in [0.25, 0.3) is 0 Å². The van der Waals surface area contributed by atoms with Crippen LogP contribution in [0.2, 0.25) is 0 Å². The highest BCUT2D eigenvalue weighted by Crippen LogP contribution is 2.24. The van der Waals surface area contributed by atoms with Crippen LogP contribution < -0.4 is 0 Å². The Morgan fingerprint density at radius 1 is 1.47 bits per heavy atom. The molecule has 0 spiro atoms. The number of halogens is 1. The van der Waals surface area contributed by atoms with E-state index in [1.165, 1.54) is 0 Å². The van der Waals surface area contributed by atoms with E-state index in [0.717, 1.165) is 28.8 Å². The molecule has 1 atom stereocenters. The molecule has 1 unspecified atom stereocenters. The quantitative estimate of drug-likeness (QED) is 0.840. The Balaban J connectivity index is 2.78. The van der Waals surface area contributed by atoms with Crippen molar-refractivity contribution in [1.29, 1.82) is 0 Å². The highest BCUT2D eigenvalue weighted by molar-refractivity contribution is 9.10. The van der Waals surface area contributed by atoms with Crippen molar-refractivity contribution < 1.29 is 9.84 Å². The molecule has 0 fully saturated rings. The second-order valence-corrected chi connectivity index (χ2v) is 4.81. The van der Waals surface area contributed by atoms with Crippen LogP contribution in [-0.4, -0.2) is 34.7 Å². The van der Waals surface area contributed by atoms with Gasteiger partial charge in [0.2, 0.25) is 0 Å². The average molecular weight is 305 g/mol. The highest BCUT2D eigenvalue weighted by atomic mass is 79.9. The topological polar surface area (TPSA) is 47.3 Å². The zero-order valence-corrected chi connectivity index (χ0v) is 12.3. The van der Waals surface area contributed by atoms with Crippen molar-refractivity contribution in [3.63, 3.8) is 0 Å². The maximum absolute atomic E-state index is 9.92. The van der Waals surface area contributed by atoms with Gasteiger partial charge in [-0.3, -0.25) is 4.68 Å². The van der Waals surface area contributed by atoms with Crippen molar-refractivity contribution in [2.75, 3.05) is 13.7 Å². The van der Waals surface area contributed by atoms with E-state index in [-0.39, 0.29) is 6.10 Å². The number of nitrogens with zero attached hydrogens (tertiary/aromatic N) is 2. The van der Waals surface area contributed by atoms with Crippen LogP contribution in [0.3, 0.4) is 0 Å². The molecule has 98 valence electrons. The minimum atomic E-state index is -0.377. The third-order valence-corrected chi connectivity index (χ3v) is 3.69. The summed E-state index contributed by atoms with van der Waals surface area (Å²) in [5.41, 5.74) is 2.13. The number of rotatable bonds is 7. The fourth-order valence-corrected chi connectivity index (χ4v) is 2.52. The third kappa shape index (κ3) is 3.79. The summed E-state index contributed by atoms with van der Waals surface area (Å²) in [7, 11) is 1.65. The minimum Gasteiger partial charge on any atom is -0.393 e. The number of hydrogen-bond acceptors (Lipinski definition) is 3. The zero-order chi connectivity index (χ0) is 12.8. The molecule has 0 aliphatic rings. The first-order chi connectivity index (χ1) is 8.13. The van der Waals surface area contributed by atoms with E-state index >= 15 is 0 Å². The Labute approximate surface area is 111 Å². The molecule has 4 nitrogen and oxygen atoms in total. The van der Waals surface area contributed by atoms with E-state index in [0.29, 0.717) is 19.4 Å². The molecule has 1 rings (SSSR count). The van der Waals surface area contributed by atoms with E-state index < -0.39 is 0 Å². The van der Waals surface area contributed by atoms with Crippen LogP contribution in [-0.2, 0) is 24.1 Å². The summed E-state index contributed by atoms with van der Waals surface area (Å²) in [5, 5.41) is 14.4. The van der Waals surface area contributed by atoms with E-state index in [9.17, 15) is 5.11 Å². The monoisotopic (exact) mass is 304 g/mol. The van der Waals surface area contributed by atoms with Crippen LogP contribution in [0, 0.1) is 0 Å². The maximum Gasteiger partial charge on any atom is 0.0766 e. The third-order valence-electron chi connectivity index (χ3n) is 2.78. The molecule has 1 aromatic rings. The van der Waals surface area contributed by atoms with Gasteiger partial charge in [-0.05, 0) is 35.7 Å². The summed E-state index contributed by atoms with van der Waals surface area (Å²) in [5.74, 6) is 0. The molecule has 0 saturated heterocycles. The van der Waals surface area contributed by atoms with E-state index in [1.54, 1.807) is 7.11 Å². The molecule has 0 aliphatic heterocycles. The molecular formula is C12H21BrN2O2. The van der Waals surface area contributed by atoms with Gasteiger partial charge in [-0.15, -0.1) is 0 Å². The van der Waals surface area contributed by atoms with Crippen LogP contribution in [0.25, 0.3) is 0 Å². The van der Waals surface area contributed by atoms with Gasteiger partial charge in [0, 0.05) is 26.7 Å². The van der Waals surface area contributed by atoms with Crippen molar-refractivity contribution in [2.45, 2.75) is 45.8 Å². The summed E-state index contributed by atoms with van der Waals surface area (Å²) >= 11 is 3.57. The zero-order valence-electron chi connectivity index (χ0n) is 10.7. The van der Waals surface area contributed by atoms with E-state index in [2.05, 4.69) is 34.9 Å². The number of methoxy groups -OCH3 is 1. The number of hydrogen-bond donors (Lipinski definition) is 1. The molecule has 0 bridgehead atoms. The number of aromatic nitrogens is 2. The smallest absolute Gasteiger partial charge is 0.0766 e. The molecule has 1 N–H and O–H groups in total. The Morgan fingerprint density at radius 2 is 2.18 bits per heavy atom. The van der Waals surface area contributed by atoms with Gasteiger partial charge in [0.05, 0.1) is 22.0 Å². The van der Waals surface area contributed by atoms with Crippen molar-refractivity contribution in [3.05, 3.63) is 15.9 Å². The second kappa shape index (κ2) is 7.13. The van der Waals surface area contributed by atoms with Gasteiger partial charge in [-0.25, -0.2) is 0 Å². The van der Waals surface area contributed by atoms with Crippen molar-refractivity contribution in [1.82, 2.24) is 9.78 Å². The van der Waals surface area contributed by atoms with Gasteiger partial charge < -0.3 is 9.84 Å². The summed E-state index contributed by atoms with van der Waals surface area (Å²) in [6.07, 6.45) is 1.79. The van der Waals surface area contributed by atoms with Gasteiger partial charge in [0.1, 0.15) is 0 Å². The molecule has 0 radical (unpaired) electrons. The lowest BCUT2D eigenvalue weighted by molar-refractivity contribution is 0.108. The summed E-state index contributed by atoms with van der Waals surface area (Å²) in [6, 6.07) is 0. The van der Waals surface area contributed by atoms with Gasteiger partial charge in [-0.1, -0.05) is 6.92 Å². The lowest BCUT2D eigenvalue weighted by Crippen LogP contribution is -2.16. The Hall–Kier alpha value is -0.390. The average Bonchev–Trinajstić information content (AvgIpc) is 2.63. The summed E-state index contributed by atoms with van der Waals surface area (Å²) in [4.78, 5) is 0. The number of aryl methyl sites for hydroxylation is 2. The maximum atomic E-state index is 9.92. The summed E-state index contributed by atoms with van der Waals surface area (Å²) in [6.45, 7) is 5.55. The largest absolute Gasteiger partial charge is 0.393 e. The van der Waals surface area contributed by atoms with E-state index in [1.807, 2.05) is 4.68 Å². The Morgan fingerprint density at radius 3 is 2.71 bits per heavy atom. The number of aliphatic hydroxyl groups excluding tert-OH is 1. The van der Waals surface area contributed by atoms with Crippen LogP contribution in [0.4, 0.5) is 0 Å². The highest BCUT2D eigenvalue weighted by Gasteiger charge is 2.16. The number of ether oxygens (including phenoxy) is 1. The SMILES string of the molecule is CCc1nn(CC)c(CC(O)CCOC)c1Br. The molecule has 1 aromatic heterocycles. The Kier molecular flexibility index (Phi) is 6.16. The first-order valence-electron chi connectivity index (χ1n) is 6.05. The van der Waals surface area contributed by atoms with Crippen molar-refractivity contribution >= 4 is 15.9 Å². The first kappa shape index (κ1) is 14.7. The molecule has 0 aliphatic carbocycles. The lowest BCUT2D eigenvalue weighted by Gasteiger charge is -2.11. The van der Waals surface area contributed by atoms with Crippen LogP contribution in [0.15, 0.2) is 4.47 Å². The molecule has 17 heavy (non-hydrogen) atoms. The van der Waals surface area contributed by atoms with Gasteiger partial charge in [-0.2, -0.15) is 5.10 Å². The molecule has 5 heteroatoms. The first-order valence-corrected chi connectivity index (χ1v) is 6.84. The Bertz CT molecular complexity index is 353. The number of aliphatic hydroxyl groups is 1. The lowest BCUT2D eigenvalue weighted by atomic mass is 10.1. The van der Waals surface area contributed by atoms with Gasteiger partial charge >= 0.3 is 0 Å². The molecule has 1 heterocycles. The van der Waals surface area contributed by atoms with Crippen LogP contribution >= 0.6 is 15.9 Å². The molecule has 0 aromatic carbocycles. The fraction of sp³-hybridized carbons (Fsp3) is 0.750. The minimum absolute atomic E-state index is 0.377. The molecular weight excluding hydrogens is 284 g/mol. The molecule has 0 amide bonds. The van der Waals surface area contributed by atoms with Crippen LogP contribution in [0.5, 0.6) is 0 Å².